The van der Waals surface area contributed by atoms with E-state index >= 15 is 0 Å². The van der Waals surface area contributed by atoms with Crippen LogP contribution in [0.15, 0.2) is 0 Å². The lowest BCUT2D eigenvalue weighted by molar-refractivity contribution is 0.119. The average molecular weight is 144 g/mol. The summed E-state index contributed by atoms with van der Waals surface area (Å²) in [4.78, 5) is 2.17. The molecule has 0 aromatic rings. The van der Waals surface area contributed by atoms with Gasteiger partial charge >= 0.3 is 0 Å². The molecule has 1 aliphatic heterocycles. The van der Waals surface area contributed by atoms with Gasteiger partial charge in [0.05, 0.1) is 0 Å². The van der Waals surface area contributed by atoms with Crippen LogP contribution < -0.4 is 5.32 Å². The quantitative estimate of drug-likeness (QED) is 0.538. The first-order valence-electron chi connectivity index (χ1n) is 4.81. The molecule has 1 saturated heterocycles. The van der Waals surface area contributed by atoms with Gasteiger partial charge in [-0.05, 0) is 20.8 Å². The van der Waals surface area contributed by atoms with E-state index in [0.717, 1.165) is 13.1 Å². The first-order chi connectivity index (χ1) is 5.31. The molecule has 0 aromatic heterocycles. The highest BCUT2D eigenvalue weighted by atomic mass is 15.2. The molecule has 2 nitrogen and oxygen atoms in total. The zero-order valence-corrected chi connectivity index (χ0v) is 7.07. The molecule has 1 rings (SSSR count). The standard InChI is InChI=1S/C8H18N2/c1-8(2,3)10-6-4-9-5-7-10/h9H,4-7H2,1-3H3/i4D2. The predicted octanol–water partition coefficient (Wildman–Crippen LogP) is 0.690. The van der Waals surface area contributed by atoms with Crippen LogP contribution in [0.1, 0.15) is 23.5 Å². The van der Waals surface area contributed by atoms with Crippen LogP contribution in [0.5, 0.6) is 0 Å². The molecule has 0 amide bonds. The minimum absolute atomic E-state index is 0.0788. The first kappa shape index (κ1) is 5.56. The Hall–Kier alpha value is -0.0800. The summed E-state index contributed by atoms with van der Waals surface area (Å²) in [6.45, 7) is 7.30. The van der Waals surface area contributed by atoms with Crippen LogP contribution in [-0.4, -0.2) is 36.6 Å². The zero-order valence-electron chi connectivity index (χ0n) is 9.07. The first-order valence-corrected chi connectivity index (χ1v) is 3.81. The van der Waals surface area contributed by atoms with Crippen molar-refractivity contribution in [3.8, 4) is 0 Å². The molecule has 10 heavy (non-hydrogen) atoms. The number of nitrogens with zero attached hydrogens (tertiary/aromatic N) is 1. The molecule has 60 valence electrons. The Morgan fingerprint density at radius 1 is 1.40 bits per heavy atom. The highest BCUT2D eigenvalue weighted by molar-refractivity contribution is 4.79. The number of rotatable bonds is 0. The summed E-state index contributed by atoms with van der Waals surface area (Å²) < 4.78 is 15.1. The fourth-order valence-corrected chi connectivity index (χ4v) is 1.08. The summed E-state index contributed by atoms with van der Waals surface area (Å²) in [5.41, 5.74) is 0.0788. The molecule has 0 saturated carbocycles. The molecule has 0 radical (unpaired) electrons. The molecule has 0 unspecified atom stereocenters. The van der Waals surface area contributed by atoms with E-state index in [-0.39, 0.29) is 5.54 Å². The van der Waals surface area contributed by atoms with Crippen molar-refractivity contribution < 1.29 is 2.74 Å². The smallest absolute Gasteiger partial charge is 0.0441 e. The zero-order chi connectivity index (χ0) is 9.41. The molecule has 0 atom stereocenters. The molecule has 1 N–H and O–H groups in total. The van der Waals surface area contributed by atoms with Crippen LogP contribution in [0.25, 0.3) is 0 Å². The van der Waals surface area contributed by atoms with Crippen molar-refractivity contribution in [3.05, 3.63) is 0 Å². The van der Waals surface area contributed by atoms with E-state index in [1.165, 1.54) is 0 Å². The molecule has 0 aliphatic carbocycles. The van der Waals surface area contributed by atoms with Crippen molar-refractivity contribution >= 4 is 0 Å². The summed E-state index contributed by atoms with van der Waals surface area (Å²) >= 11 is 0. The van der Waals surface area contributed by atoms with Crippen LogP contribution >= 0.6 is 0 Å². The summed E-state index contributed by atoms with van der Waals surface area (Å²) in [6, 6.07) is 0. The Kier molecular flexibility index (Phi) is 1.60. The lowest BCUT2D eigenvalue weighted by Gasteiger charge is -2.38. The Morgan fingerprint density at radius 2 is 2.10 bits per heavy atom. The van der Waals surface area contributed by atoms with Crippen LogP contribution in [0.4, 0.5) is 0 Å². The van der Waals surface area contributed by atoms with E-state index in [9.17, 15) is 0 Å². The Labute approximate surface area is 66.4 Å². The minimum Gasteiger partial charge on any atom is -0.314 e. The second-order valence-corrected chi connectivity index (χ2v) is 3.70. The van der Waals surface area contributed by atoms with Gasteiger partial charge in [0.1, 0.15) is 0 Å². The van der Waals surface area contributed by atoms with Crippen LogP contribution in [-0.2, 0) is 0 Å². The third-order valence-electron chi connectivity index (χ3n) is 1.85. The summed E-state index contributed by atoms with van der Waals surface area (Å²) in [5.74, 6) is 0. The van der Waals surface area contributed by atoms with Gasteiger partial charge in [0.2, 0.25) is 0 Å². The second kappa shape index (κ2) is 2.89. The van der Waals surface area contributed by atoms with Crippen molar-refractivity contribution in [2.45, 2.75) is 26.3 Å². The molecule has 2 heteroatoms. The summed E-state index contributed by atoms with van der Waals surface area (Å²) in [7, 11) is 0. The summed E-state index contributed by atoms with van der Waals surface area (Å²) in [5, 5.41) is 2.85. The van der Waals surface area contributed by atoms with E-state index in [1.54, 1.807) is 0 Å². The van der Waals surface area contributed by atoms with Crippen molar-refractivity contribution in [3.63, 3.8) is 0 Å². The fourth-order valence-electron chi connectivity index (χ4n) is 1.08. The average Bonchev–Trinajstić information content (AvgIpc) is 1.83. The van der Waals surface area contributed by atoms with E-state index < -0.39 is 6.50 Å². The third kappa shape index (κ3) is 1.96. The van der Waals surface area contributed by atoms with Crippen LogP contribution in [0.2, 0.25) is 0 Å². The largest absolute Gasteiger partial charge is 0.314 e. The van der Waals surface area contributed by atoms with E-state index in [2.05, 4.69) is 31.0 Å². The van der Waals surface area contributed by atoms with Gasteiger partial charge in [-0.25, -0.2) is 0 Å². The maximum Gasteiger partial charge on any atom is 0.0441 e. The van der Waals surface area contributed by atoms with Gasteiger partial charge in [-0.2, -0.15) is 0 Å². The Balaban J connectivity index is 2.58. The van der Waals surface area contributed by atoms with Gasteiger partial charge < -0.3 is 5.32 Å². The molecular formula is C8H18N2. The van der Waals surface area contributed by atoms with Gasteiger partial charge in [0.15, 0.2) is 0 Å². The molecule has 0 bridgehead atoms. The fraction of sp³-hybridized carbons (Fsp3) is 1.00. The third-order valence-corrected chi connectivity index (χ3v) is 1.85. The van der Waals surface area contributed by atoms with Crippen molar-refractivity contribution in [1.29, 1.82) is 0 Å². The molecule has 0 spiro atoms. The maximum absolute atomic E-state index is 7.55. The lowest BCUT2D eigenvalue weighted by Crippen LogP contribution is -2.51. The van der Waals surface area contributed by atoms with E-state index in [4.69, 9.17) is 2.74 Å². The van der Waals surface area contributed by atoms with Gasteiger partial charge in [-0.1, -0.05) is 0 Å². The van der Waals surface area contributed by atoms with Crippen molar-refractivity contribution in [1.82, 2.24) is 10.2 Å². The number of nitrogens with one attached hydrogen (secondary N) is 1. The molecule has 1 fully saturated rings. The topological polar surface area (TPSA) is 15.3 Å². The SMILES string of the molecule is [2H]C1([2H])CN(C(C)(C)C)CCN1. The maximum atomic E-state index is 7.55. The number of hydrogen-bond acceptors (Lipinski definition) is 2. The highest BCUT2D eigenvalue weighted by Crippen LogP contribution is 2.12. The highest BCUT2D eigenvalue weighted by Gasteiger charge is 2.21. The van der Waals surface area contributed by atoms with Crippen molar-refractivity contribution in [2.24, 2.45) is 0 Å². The van der Waals surface area contributed by atoms with Crippen LogP contribution in [0.3, 0.4) is 0 Å². The predicted molar refractivity (Wildman–Crippen MR) is 44.2 cm³/mol. The van der Waals surface area contributed by atoms with Gasteiger partial charge in [-0.3, -0.25) is 4.90 Å². The minimum atomic E-state index is -1.22. The Morgan fingerprint density at radius 3 is 2.50 bits per heavy atom. The van der Waals surface area contributed by atoms with Gasteiger partial charge in [0, 0.05) is 34.4 Å². The molecular weight excluding hydrogens is 124 g/mol. The number of piperazine rings is 1. The van der Waals surface area contributed by atoms with E-state index in [1.807, 2.05) is 0 Å². The van der Waals surface area contributed by atoms with Crippen molar-refractivity contribution in [2.75, 3.05) is 26.1 Å². The van der Waals surface area contributed by atoms with Gasteiger partial charge in [0.25, 0.3) is 0 Å². The Bertz CT molecular complexity index is 160. The molecule has 1 heterocycles. The number of hydrogen-bond donors (Lipinski definition) is 1. The van der Waals surface area contributed by atoms with Crippen LogP contribution in [0, 0.1) is 0 Å². The second-order valence-electron chi connectivity index (χ2n) is 3.70. The summed E-state index contributed by atoms with van der Waals surface area (Å²) in [6.07, 6.45) is 0. The monoisotopic (exact) mass is 144 g/mol. The normalized spacial score (nSPS) is 31.1. The van der Waals surface area contributed by atoms with Gasteiger partial charge in [-0.15, -0.1) is 0 Å². The molecule has 0 aromatic carbocycles. The molecule has 1 aliphatic rings. The lowest BCUT2D eigenvalue weighted by atomic mass is 10.1. The van der Waals surface area contributed by atoms with E-state index in [0.29, 0.717) is 6.54 Å².